The first-order chi connectivity index (χ1) is 9.51. The Kier molecular flexibility index (Phi) is 5.68. The molecular weight excluding hydrogens is 316 g/mol. The molecule has 0 N–H and O–H groups in total. The zero-order valence-corrected chi connectivity index (χ0v) is 14.0. The van der Waals surface area contributed by atoms with Crippen LogP contribution in [-0.2, 0) is 9.63 Å². The molecule has 20 heavy (non-hydrogen) atoms. The lowest BCUT2D eigenvalue weighted by Crippen LogP contribution is -2.39. The molecular formula is C12H18N2O3S3. The number of rotatable bonds is 3. The summed E-state index contributed by atoms with van der Waals surface area (Å²) in [6, 6.07) is 0. The summed E-state index contributed by atoms with van der Waals surface area (Å²) in [5.74, 6) is 2.21. The van der Waals surface area contributed by atoms with Crippen LogP contribution in [0.25, 0.3) is 0 Å². The molecule has 1 heterocycles. The van der Waals surface area contributed by atoms with Crippen LogP contribution in [0.4, 0.5) is 4.79 Å². The Morgan fingerprint density at radius 3 is 2.75 bits per heavy atom. The number of thioether (sulfide) groups is 2. The third-order valence-corrected chi connectivity index (χ3v) is 6.91. The third-order valence-electron chi connectivity index (χ3n) is 3.23. The molecule has 0 aromatic rings. The Bertz CT molecular complexity index is 422. The van der Waals surface area contributed by atoms with Gasteiger partial charge in [-0.1, -0.05) is 35.1 Å². The summed E-state index contributed by atoms with van der Waals surface area (Å²) in [6.45, 7) is 1.90. The first kappa shape index (κ1) is 16.0. The van der Waals surface area contributed by atoms with Gasteiger partial charge in [-0.05, 0) is 31.7 Å². The van der Waals surface area contributed by atoms with Gasteiger partial charge in [0.15, 0.2) is 4.38 Å². The van der Waals surface area contributed by atoms with Crippen LogP contribution in [0.2, 0.25) is 0 Å². The van der Waals surface area contributed by atoms with Gasteiger partial charge >= 0.3 is 6.09 Å². The predicted molar refractivity (Wildman–Crippen MR) is 86.1 cm³/mol. The summed E-state index contributed by atoms with van der Waals surface area (Å²) in [7, 11) is 1.62. The van der Waals surface area contributed by atoms with Crippen molar-refractivity contribution in [3.63, 3.8) is 0 Å². The minimum Gasteiger partial charge on any atom is -0.298 e. The van der Waals surface area contributed by atoms with E-state index >= 15 is 0 Å². The molecule has 1 atom stereocenters. The van der Waals surface area contributed by atoms with E-state index in [0.29, 0.717) is 6.42 Å². The summed E-state index contributed by atoms with van der Waals surface area (Å²) in [4.78, 5) is 28.8. The van der Waals surface area contributed by atoms with E-state index in [1.54, 1.807) is 30.6 Å². The molecule has 0 aromatic carbocycles. The fraction of sp³-hybridized carbons (Fsp3) is 0.750. The second-order valence-corrected chi connectivity index (χ2v) is 8.92. The van der Waals surface area contributed by atoms with Crippen LogP contribution in [0.3, 0.4) is 0 Å². The van der Waals surface area contributed by atoms with Gasteiger partial charge in [-0.3, -0.25) is 13.9 Å². The fourth-order valence-electron chi connectivity index (χ4n) is 2.07. The number of ketones is 1. The Hall–Kier alpha value is -0.340. The number of Topliss-reactive ketones (excluding diaryl/α,β-unsaturated/α-hetero) is 1. The third kappa shape index (κ3) is 4.08. The number of carbonyl (C=O) groups excluding carboxylic acids is 2. The SMILES string of the molecule is CN(SC1(C)CCCCC1=O)C(=O)ON=C1SCCS1. The van der Waals surface area contributed by atoms with Gasteiger partial charge in [-0.25, -0.2) is 4.79 Å². The Morgan fingerprint density at radius 2 is 2.10 bits per heavy atom. The molecule has 1 amide bonds. The van der Waals surface area contributed by atoms with Gasteiger partial charge in [0.05, 0.1) is 4.75 Å². The van der Waals surface area contributed by atoms with Crippen molar-refractivity contribution >= 4 is 51.7 Å². The highest BCUT2D eigenvalue weighted by atomic mass is 32.2. The zero-order chi connectivity index (χ0) is 14.6. The molecule has 5 nitrogen and oxygen atoms in total. The summed E-state index contributed by atoms with van der Waals surface area (Å²) in [5, 5.41) is 3.83. The molecule has 1 aliphatic carbocycles. The zero-order valence-electron chi connectivity index (χ0n) is 11.6. The molecule has 0 aromatic heterocycles. The molecule has 0 spiro atoms. The molecule has 1 unspecified atom stereocenters. The summed E-state index contributed by atoms with van der Waals surface area (Å²) >= 11 is 4.42. The maximum atomic E-state index is 12.0. The second-order valence-electron chi connectivity index (χ2n) is 4.86. The molecule has 112 valence electrons. The lowest BCUT2D eigenvalue weighted by molar-refractivity contribution is -0.122. The van der Waals surface area contributed by atoms with Gasteiger partial charge in [-0.2, -0.15) is 0 Å². The van der Waals surface area contributed by atoms with Crippen LogP contribution in [-0.4, -0.2) is 43.9 Å². The van der Waals surface area contributed by atoms with Crippen molar-refractivity contribution < 1.29 is 14.4 Å². The summed E-state index contributed by atoms with van der Waals surface area (Å²) in [6.07, 6.45) is 2.84. The van der Waals surface area contributed by atoms with Gasteiger partial charge in [0.1, 0.15) is 5.78 Å². The lowest BCUT2D eigenvalue weighted by Gasteiger charge is -2.33. The predicted octanol–water partition coefficient (Wildman–Crippen LogP) is 3.36. The van der Waals surface area contributed by atoms with Crippen LogP contribution >= 0.6 is 35.5 Å². The van der Waals surface area contributed by atoms with Gasteiger partial charge in [-0.15, -0.1) is 0 Å². The number of oxime groups is 1. The van der Waals surface area contributed by atoms with Crippen molar-refractivity contribution in [1.82, 2.24) is 4.31 Å². The Morgan fingerprint density at radius 1 is 1.40 bits per heavy atom. The van der Waals surface area contributed by atoms with E-state index in [2.05, 4.69) is 5.16 Å². The van der Waals surface area contributed by atoms with E-state index < -0.39 is 10.8 Å². The molecule has 1 saturated carbocycles. The van der Waals surface area contributed by atoms with Crippen LogP contribution < -0.4 is 0 Å². The standard InChI is InChI=1S/C12H18N2O3S3/c1-12(6-4-3-5-9(12)15)20-14(2)11(16)17-13-10-18-7-8-19-10/h3-8H2,1-2H3. The average molecular weight is 334 g/mol. The van der Waals surface area contributed by atoms with E-state index in [0.717, 1.165) is 35.1 Å². The number of hydrogen-bond donors (Lipinski definition) is 0. The van der Waals surface area contributed by atoms with Crippen molar-refractivity contribution in [1.29, 1.82) is 0 Å². The number of hydrogen-bond acceptors (Lipinski definition) is 7. The molecule has 0 radical (unpaired) electrons. The van der Waals surface area contributed by atoms with Crippen molar-refractivity contribution in [3.8, 4) is 0 Å². The van der Waals surface area contributed by atoms with Gasteiger partial charge < -0.3 is 0 Å². The first-order valence-electron chi connectivity index (χ1n) is 6.52. The monoisotopic (exact) mass is 334 g/mol. The van der Waals surface area contributed by atoms with E-state index in [1.807, 2.05) is 6.92 Å². The summed E-state index contributed by atoms with van der Waals surface area (Å²) in [5.41, 5.74) is 0. The van der Waals surface area contributed by atoms with E-state index in [4.69, 9.17) is 4.84 Å². The lowest BCUT2D eigenvalue weighted by atomic mass is 9.89. The van der Waals surface area contributed by atoms with Crippen LogP contribution in [0.5, 0.6) is 0 Å². The highest BCUT2D eigenvalue weighted by molar-refractivity contribution is 8.41. The molecule has 0 bridgehead atoms. The van der Waals surface area contributed by atoms with E-state index in [-0.39, 0.29) is 5.78 Å². The smallest absolute Gasteiger partial charge is 0.298 e. The maximum Gasteiger partial charge on any atom is 0.445 e. The normalized spacial score (nSPS) is 26.5. The van der Waals surface area contributed by atoms with Crippen LogP contribution in [0, 0.1) is 0 Å². The van der Waals surface area contributed by atoms with Crippen LogP contribution in [0.1, 0.15) is 32.6 Å². The van der Waals surface area contributed by atoms with Crippen molar-refractivity contribution in [3.05, 3.63) is 0 Å². The minimum absolute atomic E-state index is 0.210. The number of carbonyl (C=O) groups is 2. The highest BCUT2D eigenvalue weighted by Gasteiger charge is 2.38. The van der Waals surface area contributed by atoms with Crippen molar-refractivity contribution in [2.24, 2.45) is 5.16 Å². The number of nitrogens with zero attached hydrogens (tertiary/aromatic N) is 2. The fourth-order valence-corrected chi connectivity index (χ4v) is 5.25. The Balaban J connectivity index is 1.86. The number of amides is 1. The van der Waals surface area contributed by atoms with Gasteiger partial charge in [0.2, 0.25) is 0 Å². The largest absolute Gasteiger partial charge is 0.445 e. The first-order valence-corrected chi connectivity index (χ1v) is 9.26. The molecule has 2 aliphatic rings. The van der Waals surface area contributed by atoms with E-state index in [9.17, 15) is 9.59 Å². The minimum atomic E-state index is -0.532. The van der Waals surface area contributed by atoms with Crippen molar-refractivity contribution in [2.45, 2.75) is 37.4 Å². The quantitative estimate of drug-likeness (QED) is 0.448. The molecule has 2 fully saturated rings. The van der Waals surface area contributed by atoms with E-state index in [1.165, 1.54) is 16.3 Å². The second kappa shape index (κ2) is 7.09. The van der Waals surface area contributed by atoms with Gasteiger partial charge in [0.25, 0.3) is 0 Å². The topological polar surface area (TPSA) is 59.0 Å². The molecule has 8 heteroatoms. The maximum absolute atomic E-state index is 12.0. The molecule has 1 saturated heterocycles. The Labute approximate surface area is 131 Å². The molecule has 2 rings (SSSR count). The highest BCUT2D eigenvalue weighted by Crippen LogP contribution is 2.38. The van der Waals surface area contributed by atoms with Crippen LogP contribution in [0.15, 0.2) is 5.16 Å². The molecule has 1 aliphatic heterocycles. The van der Waals surface area contributed by atoms with Crippen molar-refractivity contribution in [2.75, 3.05) is 18.6 Å². The summed E-state index contributed by atoms with van der Waals surface area (Å²) < 4.78 is 1.64. The average Bonchev–Trinajstić information content (AvgIpc) is 2.92. The van der Waals surface area contributed by atoms with Gasteiger partial charge in [0, 0.05) is 25.0 Å².